The summed E-state index contributed by atoms with van der Waals surface area (Å²) in [6, 6.07) is 3.09. The van der Waals surface area contributed by atoms with Crippen LogP contribution in [0, 0.1) is 0 Å². The number of nitrogens with two attached hydrogens (primary N) is 1. The van der Waals surface area contributed by atoms with Crippen molar-refractivity contribution in [3.63, 3.8) is 0 Å². The van der Waals surface area contributed by atoms with E-state index in [0.29, 0.717) is 12.1 Å². The molecule has 0 bridgehead atoms. The molecule has 0 aliphatic heterocycles. The van der Waals surface area contributed by atoms with Crippen LogP contribution in [0.3, 0.4) is 0 Å². The molecule has 3 N–H and O–H groups in total. The largest absolute Gasteiger partial charge is 0.271 e. The van der Waals surface area contributed by atoms with Gasteiger partial charge in [0, 0.05) is 24.4 Å². The van der Waals surface area contributed by atoms with E-state index in [9.17, 15) is 0 Å². The Morgan fingerprint density at radius 1 is 1.56 bits per heavy atom. The Morgan fingerprint density at radius 3 is 3.00 bits per heavy atom. The van der Waals surface area contributed by atoms with Gasteiger partial charge in [-0.15, -0.1) is 0 Å². The first-order chi connectivity index (χ1) is 8.83. The molecule has 1 saturated carbocycles. The van der Waals surface area contributed by atoms with Crippen molar-refractivity contribution in [2.24, 2.45) is 5.84 Å². The predicted octanol–water partition coefficient (Wildman–Crippen LogP) is 2.13. The van der Waals surface area contributed by atoms with Gasteiger partial charge in [0.25, 0.3) is 0 Å². The van der Waals surface area contributed by atoms with Crippen LogP contribution < -0.4 is 11.3 Å². The highest BCUT2D eigenvalue weighted by molar-refractivity contribution is 7.99. The number of rotatable bonds is 7. The lowest BCUT2D eigenvalue weighted by Gasteiger charge is -2.14. The maximum absolute atomic E-state index is 5.59. The fourth-order valence-corrected chi connectivity index (χ4v) is 3.27. The number of aromatic nitrogens is 2. The smallest absolute Gasteiger partial charge is 0.0641 e. The van der Waals surface area contributed by atoms with E-state index in [1.165, 1.54) is 25.7 Å². The van der Waals surface area contributed by atoms with Crippen molar-refractivity contribution in [2.45, 2.75) is 51.1 Å². The molecule has 1 aliphatic rings. The lowest BCUT2D eigenvalue weighted by molar-refractivity contribution is 0.459. The van der Waals surface area contributed by atoms with Crippen LogP contribution in [0.15, 0.2) is 12.3 Å². The third-order valence-electron chi connectivity index (χ3n) is 3.58. The van der Waals surface area contributed by atoms with E-state index in [2.05, 4.69) is 29.3 Å². The second kappa shape index (κ2) is 7.16. The van der Waals surface area contributed by atoms with Gasteiger partial charge in [-0.2, -0.15) is 16.9 Å². The van der Waals surface area contributed by atoms with E-state index in [1.54, 1.807) is 0 Å². The summed E-state index contributed by atoms with van der Waals surface area (Å²) in [5.41, 5.74) is 4.05. The van der Waals surface area contributed by atoms with Crippen molar-refractivity contribution < 1.29 is 0 Å². The molecule has 0 aromatic carbocycles. The Morgan fingerprint density at radius 2 is 2.33 bits per heavy atom. The first-order valence-electron chi connectivity index (χ1n) is 6.91. The van der Waals surface area contributed by atoms with E-state index in [4.69, 9.17) is 10.9 Å². The van der Waals surface area contributed by atoms with Gasteiger partial charge in [-0.1, -0.05) is 19.8 Å². The standard InChI is InChI=1S/C13H24N4S/c1-2-18-10-12(15-14)9-11-7-8-17(16-11)13-5-3-4-6-13/h7-8,12-13,15H,2-6,9-10,14H2,1H3. The van der Waals surface area contributed by atoms with Gasteiger partial charge in [-0.3, -0.25) is 16.0 Å². The molecule has 1 atom stereocenters. The van der Waals surface area contributed by atoms with E-state index in [-0.39, 0.29) is 0 Å². The number of nitrogens with zero attached hydrogens (tertiary/aromatic N) is 2. The van der Waals surface area contributed by atoms with Crippen LogP contribution in [0.5, 0.6) is 0 Å². The molecule has 0 saturated heterocycles. The zero-order valence-corrected chi connectivity index (χ0v) is 12.0. The van der Waals surface area contributed by atoms with Crippen molar-refractivity contribution in [2.75, 3.05) is 11.5 Å². The minimum Gasteiger partial charge on any atom is -0.271 e. The van der Waals surface area contributed by atoms with Gasteiger partial charge < -0.3 is 0 Å². The maximum Gasteiger partial charge on any atom is 0.0641 e. The summed E-state index contributed by atoms with van der Waals surface area (Å²) < 4.78 is 2.16. The van der Waals surface area contributed by atoms with Gasteiger partial charge in [0.15, 0.2) is 0 Å². The van der Waals surface area contributed by atoms with E-state index in [1.807, 2.05) is 11.8 Å². The minimum atomic E-state index is 0.321. The second-order valence-electron chi connectivity index (χ2n) is 4.95. The number of hydrogen-bond donors (Lipinski definition) is 2. The van der Waals surface area contributed by atoms with Crippen LogP contribution in [0.4, 0.5) is 0 Å². The average molecular weight is 268 g/mol. The monoisotopic (exact) mass is 268 g/mol. The third kappa shape index (κ3) is 3.73. The van der Waals surface area contributed by atoms with Gasteiger partial charge in [0.05, 0.1) is 11.7 Å². The van der Waals surface area contributed by atoms with Gasteiger partial charge in [-0.05, 0) is 24.7 Å². The van der Waals surface area contributed by atoms with E-state index in [0.717, 1.165) is 23.6 Å². The highest BCUT2D eigenvalue weighted by atomic mass is 32.2. The van der Waals surface area contributed by atoms with Crippen molar-refractivity contribution in [1.29, 1.82) is 0 Å². The SMILES string of the molecule is CCSCC(Cc1ccn(C2CCCC2)n1)NN. The quantitative estimate of drug-likeness (QED) is 0.587. The molecule has 1 unspecified atom stereocenters. The Balaban J connectivity index is 1.88. The molecule has 102 valence electrons. The molecule has 2 rings (SSSR count). The Hall–Kier alpha value is -0.520. The van der Waals surface area contributed by atoms with Gasteiger partial charge >= 0.3 is 0 Å². The Bertz CT molecular complexity index is 347. The highest BCUT2D eigenvalue weighted by Crippen LogP contribution is 2.28. The molecule has 4 nitrogen and oxygen atoms in total. The topological polar surface area (TPSA) is 55.9 Å². The first-order valence-corrected chi connectivity index (χ1v) is 8.07. The fourth-order valence-electron chi connectivity index (χ4n) is 2.54. The summed E-state index contributed by atoms with van der Waals surface area (Å²) in [6.07, 6.45) is 8.31. The molecule has 1 aromatic heterocycles. The fraction of sp³-hybridized carbons (Fsp3) is 0.769. The van der Waals surface area contributed by atoms with Crippen molar-refractivity contribution in [3.8, 4) is 0 Å². The summed E-state index contributed by atoms with van der Waals surface area (Å²) in [5.74, 6) is 7.77. The number of thioether (sulfide) groups is 1. The Labute approximate surface area is 114 Å². The zero-order chi connectivity index (χ0) is 12.8. The molecular formula is C13H24N4S. The normalized spacial score (nSPS) is 18.3. The maximum atomic E-state index is 5.59. The molecule has 0 amide bonds. The zero-order valence-electron chi connectivity index (χ0n) is 11.1. The molecule has 18 heavy (non-hydrogen) atoms. The Kier molecular flexibility index (Phi) is 5.53. The van der Waals surface area contributed by atoms with Crippen LogP contribution in [-0.2, 0) is 6.42 Å². The van der Waals surface area contributed by atoms with Crippen LogP contribution in [0.25, 0.3) is 0 Å². The summed E-state index contributed by atoms with van der Waals surface area (Å²) in [4.78, 5) is 0. The lowest BCUT2D eigenvalue weighted by atomic mass is 10.2. The summed E-state index contributed by atoms with van der Waals surface area (Å²) in [7, 11) is 0. The van der Waals surface area contributed by atoms with Crippen LogP contribution in [0.1, 0.15) is 44.3 Å². The van der Waals surface area contributed by atoms with E-state index >= 15 is 0 Å². The molecule has 1 aromatic rings. The van der Waals surface area contributed by atoms with Crippen molar-refractivity contribution in [3.05, 3.63) is 18.0 Å². The highest BCUT2D eigenvalue weighted by Gasteiger charge is 2.18. The molecule has 1 heterocycles. The number of hydrogen-bond acceptors (Lipinski definition) is 4. The summed E-state index contributed by atoms with van der Waals surface area (Å²) >= 11 is 1.92. The van der Waals surface area contributed by atoms with Crippen LogP contribution in [-0.4, -0.2) is 27.3 Å². The molecule has 5 heteroatoms. The van der Waals surface area contributed by atoms with E-state index < -0.39 is 0 Å². The molecule has 1 aliphatic carbocycles. The van der Waals surface area contributed by atoms with Crippen LogP contribution in [0.2, 0.25) is 0 Å². The third-order valence-corrected chi connectivity index (χ3v) is 4.62. The summed E-state index contributed by atoms with van der Waals surface area (Å²) in [6.45, 7) is 2.17. The predicted molar refractivity (Wildman–Crippen MR) is 77.5 cm³/mol. The van der Waals surface area contributed by atoms with Crippen molar-refractivity contribution >= 4 is 11.8 Å². The number of hydrazine groups is 1. The second-order valence-corrected chi connectivity index (χ2v) is 6.27. The molecule has 1 fully saturated rings. The average Bonchev–Trinajstić information content (AvgIpc) is 3.04. The molecule has 0 radical (unpaired) electrons. The lowest BCUT2D eigenvalue weighted by Crippen LogP contribution is -2.38. The number of nitrogens with one attached hydrogen (secondary N) is 1. The minimum absolute atomic E-state index is 0.321. The van der Waals surface area contributed by atoms with Gasteiger partial charge in [-0.25, -0.2) is 0 Å². The van der Waals surface area contributed by atoms with Gasteiger partial charge in [0.1, 0.15) is 0 Å². The molecular weight excluding hydrogens is 244 g/mol. The van der Waals surface area contributed by atoms with Crippen LogP contribution >= 0.6 is 11.8 Å². The molecule has 0 spiro atoms. The summed E-state index contributed by atoms with van der Waals surface area (Å²) in [5, 5.41) is 4.70. The van der Waals surface area contributed by atoms with Gasteiger partial charge in [0.2, 0.25) is 0 Å². The van der Waals surface area contributed by atoms with Crippen molar-refractivity contribution in [1.82, 2.24) is 15.2 Å². The first kappa shape index (κ1) is 13.9.